The van der Waals surface area contributed by atoms with Crippen LogP contribution in [0.2, 0.25) is 0 Å². The molecule has 0 amide bonds. The summed E-state index contributed by atoms with van der Waals surface area (Å²) in [7, 11) is 0. The second kappa shape index (κ2) is 10.3. The number of piperidine rings is 1. The van der Waals surface area contributed by atoms with E-state index in [1.807, 2.05) is 38.1 Å². The highest BCUT2D eigenvalue weighted by Crippen LogP contribution is 2.19. The van der Waals surface area contributed by atoms with E-state index in [2.05, 4.69) is 15.3 Å². The number of hydrogen-bond donors (Lipinski definition) is 4. The maximum absolute atomic E-state index is 12.4. The summed E-state index contributed by atoms with van der Waals surface area (Å²) in [6.45, 7) is 8.31. The molecule has 0 saturated carbocycles. The van der Waals surface area contributed by atoms with E-state index in [1.54, 1.807) is 4.90 Å². The molecule has 1 aromatic heterocycles. The number of nitrogens with one attached hydrogen (secondary N) is 3. The van der Waals surface area contributed by atoms with E-state index < -0.39 is 0 Å². The Morgan fingerprint density at radius 2 is 1.93 bits per heavy atom. The van der Waals surface area contributed by atoms with Crippen molar-refractivity contribution < 1.29 is 14.7 Å². The van der Waals surface area contributed by atoms with Gasteiger partial charge in [0.1, 0.15) is 5.75 Å². The van der Waals surface area contributed by atoms with Crippen LogP contribution >= 0.6 is 0 Å². The van der Waals surface area contributed by atoms with Crippen molar-refractivity contribution in [2.75, 3.05) is 31.5 Å². The lowest BCUT2D eigenvalue weighted by molar-refractivity contribution is -0.904. The average Bonchev–Trinajstić information content (AvgIpc) is 2.70. The Morgan fingerprint density at radius 3 is 2.59 bits per heavy atom. The molecule has 7 heteroatoms. The number of rotatable bonds is 9. The topological polar surface area (TPSA) is 91.7 Å². The first-order chi connectivity index (χ1) is 14.0. The molecule has 29 heavy (non-hydrogen) atoms. The highest BCUT2D eigenvalue weighted by atomic mass is 16.5. The number of aromatic amines is 1. The lowest BCUT2D eigenvalue weighted by atomic mass is 10.1. The van der Waals surface area contributed by atoms with Crippen LogP contribution in [-0.4, -0.2) is 47.4 Å². The zero-order valence-corrected chi connectivity index (χ0v) is 17.5. The lowest BCUT2D eigenvalue weighted by Crippen LogP contribution is -3.12. The Bertz CT molecular complexity index is 827. The minimum atomic E-state index is -0.316. The van der Waals surface area contributed by atoms with Crippen molar-refractivity contribution in [2.45, 2.75) is 52.1 Å². The van der Waals surface area contributed by atoms with Crippen molar-refractivity contribution in [3.63, 3.8) is 0 Å². The third-order valence-corrected chi connectivity index (χ3v) is 5.23. The van der Waals surface area contributed by atoms with Crippen LogP contribution in [0, 0.1) is 0 Å². The lowest BCUT2D eigenvalue weighted by Gasteiger charge is -2.23. The van der Waals surface area contributed by atoms with Crippen molar-refractivity contribution >= 4 is 5.95 Å². The van der Waals surface area contributed by atoms with Crippen molar-refractivity contribution in [1.29, 1.82) is 0 Å². The molecule has 1 saturated heterocycles. The average molecular weight is 402 g/mol. The number of quaternary nitrogens is 1. The number of likely N-dealkylation sites (tertiary alicyclic amines) is 1. The third-order valence-electron chi connectivity index (χ3n) is 5.23. The molecule has 3 rings (SSSR count). The molecule has 2 heterocycles. The summed E-state index contributed by atoms with van der Waals surface area (Å²) in [6.07, 6.45) is 5.43. The zero-order valence-electron chi connectivity index (χ0n) is 17.5. The van der Waals surface area contributed by atoms with Gasteiger partial charge >= 0.3 is 0 Å². The largest absolute Gasteiger partial charge is 0.493 e. The SMILES string of the molecule is CC(C)Oc1ccc(Cc2c(O)nc(NCCC[NH+]3CCCCC3)[nH]c2=O)cc1. The van der Waals surface area contributed by atoms with Gasteiger partial charge in [-0.15, -0.1) is 0 Å². The molecule has 0 atom stereocenters. The van der Waals surface area contributed by atoms with Gasteiger partial charge in [0, 0.05) is 19.4 Å². The van der Waals surface area contributed by atoms with E-state index >= 15 is 0 Å². The summed E-state index contributed by atoms with van der Waals surface area (Å²) < 4.78 is 5.63. The summed E-state index contributed by atoms with van der Waals surface area (Å²) in [5, 5.41) is 13.4. The molecule has 1 aromatic carbocycles. The highest BCUT2D eigenvalue weighted by molar-refractivity contribution is 5.37. The second-order valence-corrected chi connectivity index (χ2v) is 8.05. The molecule has 0 radical (unpaired) electrons. The Balaban J connectivity index is 1.54. The second-order valence-electron chi connectivity index (χ2n) is 8.05. The summed E-state index contributed by atoms with van der Waals surface area (Å²) in [4.78, 5) is 21.0. The van der Waals surface area contributed by atoms with Crippen LogP contribution in [-0.2, 0) is 6.42 Å². The maximum atomic E-state index is 12.4. The Kier molecular flexibility index (Phi) is 7.52. The van der Waals surface area contributed by atoms with Gasteiger partial charge in [-0.3, -0.25) is 9.78 Å². The fourth-order valence-corrected chi connectivity index (χ4v) is 3.74. The smallest absolute Gasteiger partial charge is 0.259 e. The van der Waals surface area contributed by atoms with Crippen molar-refractivity contribution in [1.82, 2.24) is 9.97 Å². The van der Waals surface area contributed by atoms with Crippen molar-refractivity contribution in [3.05, 3.63) is 45.7 Å². The minimum absolute atomic E-state index is 0.109. The highest BCUT2D eigenvalue weighted by Gasteiger charge is 2.14. The standard InChI is InChI=1S/C22H32N4O3/c1-16(2)29-18-9-7-17(8-10-18)15-19-20(27)24-22(25-21(19)28)23-11-6-14-26-12-4-3-5-13-26/h7-10,16H,3-6,11-15H2,1-2H3,(H3,23,24,25,27,28)/p+1. The van der Waals surface area contributed by atoms with Gasteiger partial charge in [-0.1, -0.05) is 12.1 Å². The normalized spacial score (nSPS) is 14.9. The summed E-state index contributed by atoms with van der Waals surface area (Å²) in [5.41, 5.74) is 0.865. The first kappa shape index (κ1) is 21.2. The Labute approximate surface area is 172 Å². The molecule has 158 valence electrons. The molecule has 0 bridgehead atoms. The Hall–Kier alpha value is -2.54. The summed E-state index contributed by atoms with van der Waals surface area (Å²) in [6, 6.07) is 7.53. The fourth-order valence-electron chi connectivity index (χ4n) is 3.74. The van der Waals surface area contributed by atoms with Crippen LogP contribution in [0.25, 0.3) is 0 Å². The van der Waals surface area contributed by atoms with Gasteiger partial charge < -0.3 is 20.1 Å². The quantitative estimate of drug-likeness (QED) is 0.480. The van der Waals surface area contributed by atoms with Gasteiger partial charge in [0.2, 0.25) is 11.8 Å². The molecule has 0 unspecified atom stereocenters. The van der Waals surface area contributed by atoms with Gasteiger partial charge in [0.05, 0.1) is 31.3 Å². The molecular formula is C22H33N4O3+. The molecule has 4 N–H and O–H groups in total. The number of aromatic hydroxyl groups is 1. The van der Waals surface area contributed by atoms with E-state index in [9.17, 15) is 9.90 Å². The van der Waals surface area contributed by atoms with Crippen molar-refractivity contribution in [2.24, 2.45) is 0 Å². The third kappa shape index (κ3) is 6.49. The predicted octanol–water partition coefficient (Wildman–Crippen LogP) is 1.72. The molecule has 1 fully saturated rings. The number of H-pyrrole nitrogens is 1. The number of aromatic nitrogens is 2. The van der Waals surface area contributed by atoms with Crippen LogP contribution in [0.3, 0.4) is 0 Å². The van der Waals surface area contributed by atoms with E-state index in [1.165, 1.54) is 32.4 Å². The predicted molar refractivity (Wildman–Crippen MR) is 114 cm³/mol. The number of anilines is 1. The van der Waals surface area contributed by atoms with Crippen LogP contribution in [0.5, 0.6) is 11.6 Å². The summed E-state index contributed by atoms with van der Waals surface area (Å²) in [5.74, 6) is 0.886. The number of benzene rings is 1. The molecule has 1 aliphatic rings. The van der Waals surface area contributed by atoms with Gasteiger partial charge in [-0.05, 0) is 50.8 Å². The molecule has 2 aromatic rings. The van der Waals surface area contributed by atoms with Crippen LogP contribution in [0.4, 0.5) is 5.95 Å². The molecular weight excluding hydrogens is 368 g/mol. The zero-order chi connectivity index (χ0) is 20.6. The Morgan fingerprint density at radius 1 is 1.21 bits per heavy atom. The number of ether oxygens (including phenoxy) is 1. The van der Waals surface area contributed by atoms with E-state index in [-0.39, 0.29) is 23.1 Å². The number of hydrogen-bond acceptors (Lipinski definition) is 5. The van der Waals surface area contributed by atoms with Crippen LogP contribution in [0.1, 0.15) is 50.7 Å². The van der Waals surface area contributed by atoms with Gasteiger partial charge in [-0.2, -0.15) is 4.98 Å². The summed E-state index contributed by atoms with van der Waals surface area (Å²) >= 11 is 0. The van der Waals surface area contributed by atoms with Gasteiger partial charge in [0.25, 0.3) is 5.56 Å². The fraction of sp³-hybridized carbons (Fsp3) is 0.545. The minimum Gasteiger partial charge on any atom is -0.493 e. The van der Waals surface area contributed by atoms with Gasteiger partial charge in [0.15, 0.2) is 0 Å². The molecule has 7 nitrogen and oxygen atoms in total. The first-order valence-corrected chi connectivity index (χ1v) is 10.7. The van der Waals surface area contributed by atoms with Gasteiger partial charge in [-0.25, -0.2) is 0 Å². The molecule has 1 aliphatic heterocycles. The van der Waals surface area contributed by atoms with Crippen LogP contribution < -0.4 is 20.5 Å². The van der Waals surface area contributed by atoms with E-state index in [0.29, 0.717) is 12.4 Å². The van der Waals surface area contributed by atoms with E-state index in [4.69, 9.17) is 4.74 Å². The molecule has 0 aliphatic carbocycles. The van der Waals surface area contributed by atoms with Crippen LogP contribution in [0.15, 0.2) is 29.1 Å². The molecule has 0 spiro atoms. The first-order valence-electron chi connectivity index (χ1n) is 10.7. The van der Waals surface area contributed by atoms with Crippen molar-refractivity contribution in [3.8, 4) is 11.6 Å². The monoisotopic (exact) mass is 401 g/mol. The number of nitrogens with zero attached hydrogens (tertiary/aromatic N) is 1. The van der Waals surface area contributed by atoms with E-state index in [0.717, 1.165) is 30.8 Å². The maximum Gasteiger partial charge on any atom is 0.259 e.